The molecule has 0 radical (unpaired) electrons. The van der Waals surface area contributed by atoms with Crippen LogP contribution in [0.1, 0.15) is 33.6 Å². The van der Waals surface area contributed by atoms with Crippen LogP contribution in [0.3, 0.4) is 0 Å². The number of allylic oxidation sites excluding steroid dienone is 4. The second-order valence-electron chi connectivity index (χ2n) is 5.27. The molecule has 0 spiro atoms. The second kappa shape index (κ2) is 4.52. The Bertz CT molecular complexity index is 415. The molecule has 17 heavy (non-hydrogen) atoms. The summed E-state index contributed by atoms with van der Waals surface area (Å²) in [5, 5.41) is 0. The van der Waals surface area contributed by atoms with Gasteiger partial charge in [0.2, 0.25) is 0 Å². The fraction of sp³-hybridized carbons (Fsp3) is 0.533. The lowest BCUT2D eigenvalue weighted by Gasteiger charge is -2.37. The van der Waals surface area contributed by atoms with Gasteiger partial charge in [0.05, 0.1) is 0 Å². The Balaban J connectivity index is 2.05. The molecule has 2 atom stereocenters. The summed E-state index contributed by atoms with van der Waals surface area (Å²) in [7, 11) is 0. The lowest BCUT2D eigenvalue weighted by molar-refractivity contribution is -0.136. The molecule has 0 saturated heterocycles. The number of cyclic esters (lactones) is 1. The largest absolute Gasteiger partial charge is 0.458 e. The van der Waals surface area contributed by atoms with Gasteiger partial charge in [-0.05, 0) is 37.2 Å². The predicted octanol–water partition coefficient (Wildman–Crippen LogP) is 3.41. The van der Waals surface area contributed by atoms with Crippen LogP contribution in [0.15, 0.2) is 35.5 Å². The standard InChI is InChI=1S/C15H20O2/c1-11-5-4-6-12(2)15(11,3)9-7-13-8-10-17-14(13)16/h4-6,8,11H,7,9-10H2,1-3H3/t11-,15+/m1/s1. The average Bonchev–Trinajstić information content (AvgIpc) is 2.69. The van der Waals surface area contributed by atoms with Crippen molar-refractivity contribution in [2.75, 3.05) is 6.61 Å². The van der Waals surface area contributed by atoms with Crippen molar-refractivity contribution in [3.05, 3.63) is 35.5 Å². The third kappa shape index (κ3) is 2.21. The first-order valence-electron chi connectivity index (χ1n) is 6.26. The van der Waals surface area contributed by atoms with E-state index in [0.29, 0.717) is 12.5 Å². The highest BCUT2D eigenvalue weighted by Gasteiger charge is 2.33. The Hall–Kier alpha value is -1.31. The Morgan fingerprint density at radius 3 is 2.88 bits per heavy atom. The van der Waals surface area contributed by atoms with Crippen LogP contribution in [-0.4, -0.2) is 12.6 Å². The van der Waals surface area contributed by atoms with Gasteiger partial charge in [-0.15, -0.1) is 0 Å². The molecule has 1 aliphatic carbocycles. The van der Waals surface area contributed by atoms with E-state index in [4.69, 9.17) is 4.74 Å². The molecule has 92 valence electrons. The molecule has 0 aromatic rings. The summed E-state index contributed by atoms with van der Waals surface area (Å²) in [5.41, 5.74) is 2.42. The third-order valence-corrected chi connectivity index (χ3v) is 4.37. The Morgan fingerprint density at radius 2 is 2.29 bits per heavy atom. The molecule has 2 nitrogen and oxygen atoms in total. The molecule has 0 fully saturated rings. The number of hydrogen-bond donors (Lipinski definition) is 0. The van der Waals surface area contributed by atoms with Crippen molar-refractivity contribution >= 4 is 5.97 Å². The first kappa shape index (κ1) is 12.2. The van der Waals surface area contributed by atoms with Crippen molar-refractivity contribution in [2.45, 2.75) is 33.6 Å². The van der Waals surface area contributed by atoms with Gasteiger partial charge in [0.25, 0.3) is 0 Å². The average molecular weight is 232 g/mol. The van der Waals surface area contributed by atoms with Gasteiger partial charge >= 0.3 is 5.97 Å². The maximum absolute atomic E-state index is 11.4. The van der Waals surface area contributed by atoms with Crippen molar-refractivity contribution in [1.29, 1.82) is 0 Å². The van der Waals surface area contributed by atoms with Crippen LogP contribution in [0.25, 0.3) is 0 Å². The normalized spacial score (nSPS) is 32.2. The van der Waals surface area contributed by atoms with Crippen molar-refractivity contribution in [3.63, 3.8) is 0 Å². The van der Waals surface area contributed by atoms with E-state index >= 15 is 0 Å². The molecule has 0 saturated carbocycles. The minimum Gasteiger partial charge on any atom is -0.458 e. The zero-order valence-electron chi connectivity index (χ0n) is 10.8. The van der Waals surface area contributed by atoms with Gasteiger partial charge in [0.1, 0.15) is 6.61 Å². The first-order valence-corrected chi connectivity index (χ1v) is 6.26. The van der Waals surface area contributed by atoms with E-state index in [9.17, 15) is 4.79 Å². The molecule has 0 N–H and O–H groups in total. The van der Waals surface area contributed by atoms with Gasteiger partial charge in [0, 0.05) is 5.57 Å². The molecule has 2 aliphatic rings. The van der Waals surface area contributed by atoms with E-state index in [1.165, 1.54) is 5.57 Å². The second-order valence-corrected chi connectivity index (χ2v) is 5.27. The smallest absolute Gasteiger partial charge is 0.334 e. The molecule has 0 unspecified atom stereocenters. The fourth-order valence-corrected chi connectivity index (χ4v) is 2.55. The Labute approximate surface area is 103 Å². The van der Waals surface area contributed by atoms with Crippen LogP contribution < -0.4 is 0 Å². The minimum absolute atomic E-state index is 0.130. The maximum Gasteiger partial charge on any atom is 0.334 e. The lowest BCUT2D eigenvalue weighted by atomic mass is 9.67. The van der Waals surface area contributed by atoms with Gasteiger partial charge < -0.3 is 4.74 Å². The highest BCUT2D eigenvalue weighted by atomic mass is 16.5. The SMILES string of the molecule is CC1=CC=C[C@@H](C)[C@]1(C)CCC1=CCOC1=O. The van der Waals surface area contributed by atoms with Crippen molar-refractivity contribution < 1.29 is 9.53 Å². The van der Waals surface area contributed by atoms with Crippen molar-refractivity contribution in [3.8, 4) is 0 Å². The summed E-state index contributed by atoms with van der Waals surface area (Å²) in [6.07, 6.45) is 10.3. The fourth-order valence-electron chi connectivity index (χ4n) is 2.55. The summed E-state index contributed by atoms with van der Waals surface area (Å²) in [6.45, 7) is 7.17. The van der Waals surface area contributed by atoms with Gasteiger partial charge in [-0.2, -0.15) is 0 Å². The molecule has 2 heteroatoms. The molecule has 2 rings (SSSR count). The highest BCUT2D eigenvalue weighted by molar-refractivity contribution is 5.90. The van der Waals surface area contributed by atoms with Crippen LogP contribution in [0, 0.1) is 11.3 Å². The maximum atomic E-state index is 11.4. The van der Waals surface area contributed by atoms with Crippen molar-refractivity contribution in [2.24, 2.45) is 11.3 Å². The Kier molecular flexibility index (Phi) is 3.23. The Morgan fingerprint density at radius 1 is 1.53 bits per heavy atom. The number of hydrogen-bond acceptors (Lipinski definition) is 2. The summed E-state index contributed by atoms with van der Waals surface area (Å²) >= 11 is 0. The summed E-state index contributed by atoms with van der Waals surface area (Å²) in [4.78, 5) is 11.4. The number of carbonyl (C=O) groups is 1. The van der Waals surface area contributed by atoms with Crippen LogP contribution in [0.2, 0.25) is 0 Å². The zero-order valence-corrected chi connectivity index (χ0v) is 10.8. The van der Waals surface area contributed by atoms with E-state index < -0.39 is 0 Å². The van der Waals surface area contributed by atoms with Crippen LogP contribution in [0.4, 0.5) is 0 Å². The number of carbonyl (C=O) groups excluding carboxylic acids is 1. The summed E-state index contributed by atoms with van der Waals surface area (Å²) in [6, 6.07) is 0. The molecule has 1 aliphatic heterocycles. The quantitative estimate of drug-likeness (QED) is 0.697. The van der Waals surface area contributed by atoms with E-state index in [-0.39, 0.29) is 11.4 Å². The highest BCUT2D eigenvalue weighted by Crippen LogP contribution is 2.43. The summed E-state index contributed by atoms with van der Waals surface area (Å²) in [5.74, 6) is 0.389. The van der Waals surface area contributed by atoms with Crippen LogP contribution in [0.5, 0.6) is 0 Å². The van der Waals surface area contributed by atoms with E-state index in [1.807, 2.05) is 6.08 Å². The molecule has 0 bridgehead atoms. The third-order valence-electron chi connectivity index (χ3n) is 4.37. The van der Waals surface area contributed by atoms with Crippen LogP contribution >= 0.6 is 0 Å². The van der Waals surface area contributed by atoms with Gasteiger partial charge in [0.15, 0.2) is 0 Å². The number of ether oxygens (including phenoxy) is 1. The van der Waals surface area contributed by atoms with E-state index in [0.717, 1.165) is 18.4 Å². The van der Waals surface area contributed by atoms with Gasteiger partial charge in [-0.1, -0.05) is 37.6 Å². The van der Waals surface area contributed by atoms with Gasteiger partial charge in [-0.25, -0.2) is 4.79 Å². The minimum atomic E-state index is -0.130. The molecule has 1 heterocycles. The first-order chi connectivity index (χ1) is 8.04. The zero-order chi connectivity index (χ0) is 12.5. The molecule has 0 amide bonds. The molecular formula is C15H20O2. The van der Waals surface area contributed by atoms with Crippen LogP contribution in [-0.2, 0) is 9.53 Å². The molecular weight excluding hydrogens is 212 g/mol. The number of rotatable bonds is 3. The lowest BCUT2D eigenvalue weighted by Crippen LogP contribution is -2.27. The topological polar surface area (TPSA) is 26.3 Å². The monoisotopic (exact) mass is 232 g/mol. The molecule has 0 aromatic heterocycles. The van der Waals surface area contributed by atoms with E-state index in [1.54, 1.807) is 0 Å². The summed E-state index contributed by atoms with van der Waals surface area (Å²) < 4.78 is 4.93. The van der Waals surface area contributed by atoms with Gasteiger partial charge in [-0.3, -0.25) is 0 Å². The predicted molar refractivity (Wildman–Crippen MR) is 68.4 cm³/mol. The number of esters is 1. The van der Waals surface area contributed by atoms with Crippen molar-refractivity contribution in [1.82, 2.24) is 0 Å². The van der Waals surface area contributed by atoms with E-state index in [2.05, 4.69) is 39.0 Å². The molecule has 0 aromatic carbocycles.